The molecule has 1 aliphatic rings. The molecule has 1 aliphatic heterocycles. The minimum absolute atomic E-state index is 0.208. The summed E-state index contributed by atoms with van der Waals surface area (Å²) in [7, 11) is 0. The Morgan fingerprint density at radius 2 is 1.88 bits per heavy atom. The number of hydrogen-bond donors (Lipinski definition) is 2. The molecule has 2 aromatic carbocycles. The smallest absolute Gasteiger partial charge is 0.237 e. The lowest BCUT2D eigenvalue weighted by Gasteiger charge is -2.18. The Kier molecular flexibility index (Phi) is 4.48. The van der Waals surface area contributed by atoms with Gasteiger partial charge in [-0.25, -0.2) is 13.2 Å². The number of carbonyl (C=O) groups is 2. The van der Waals surface area contributed by atoms with Gasteiger partial charge < -0.3 is 10.6 Å². The number of hydrogen-bond acceptors (Lipinski definition) is 2. The van der Waals surface area contributed by atoms with E-state index in [9.17, 15) is 22.8 Å². The van der Waals surface area contributed by atoms with E-state index in [1.807, 2.05) is 0 Å². The predicted octanol–water partition coefficient (Wildman–Crippen LogP) is 2.88. The molecule has 3 rings (SSSR count). The summed E-state index contributed by atoms with van der Waals surface area (Å²) >= 11 is 0. The quantitative estimate of drug-likeness (QED) is 0.838. The van der Waals surface area contributed by atoms with E-state index in [0.29, 0.717) is 17.2 Å². The van der Waals surface area contributed by atoms with Crippen LogP contribution in [-0.4, -0.2) is 18.4 Å². The molecule has 1 heterocycles. The van der Waals surface area contributed by atoms with Gasteiger partial charge >= 0.3 is 0 Å². The van der Waals surface area contributed by atoms with Gasteiger partial charge in [-0.3, -0.25) is 9.59 Å². The SMILES string of the molecule is Cc1cc([C@H]2CNC(=O)[C@@H]2C(=O)Nc2ccc(F)cc2F)ccc1F. The summed E-state index contributed by atoms with van der Waals surface area (Å²) in [6, 6.07) is 7.12. The molecule has 0 aliphatic carbocycles. The van der Waals surface area contributed by atoms with Crippen molar-refractivity contribution >= 4 is 17.5 Å². The van der Waals surface area contributed by atoms with Crippen molar-refractivity contribution in [3.8, 4) is 0 Å². The third-order valence-electron chi connectivity index (χ3n) is 4.26. The van der Waals surface area contributed by atoms with E-state index in [4.69, 9.17) is 0 Å². The second-order valence-electron chi connectivity index (χ2n) is 5.95. The molecule has 0 bridgehead atoms. The lowest BCUT2D eigenvalue weighted by molar-refractivity contribution is -0.130. The first-order chi connectivity index (χ1) is 11.9. The second kappa shape index (κ2) is 6.58. The summed E-state index contributed by atoms with van der Waals surface area (Å²) in [6.45, 7) is 1.81. The number of aryl methyl sites for hydroxylation is 1. The molecule has 7 heteroatoms. The Labute approximate surface area is 142 Å². The van der Waals surface area contributed by atoms with Crippen molar-refractivity contribution in [2.24, 2.45) is 5.92 Å². The molecule has 0 aromatic heterocycles. The highest BCUT2D eigenvalue weighted by atomic mass is 19.1. The van der Waals surface area contributed by atoms with Gasteiger partial charge in [0.2, 0.25) is 11.8 Å². The van der Waals surface area contributed by atoms with Crippen molar-refractivity contribution in [1.82, 2.24) is 5.32 Å². The lowest BCUT2D eigenvalue weighted by Crippen LogP contribution is -2.32. The molecule has 0 spiro atoms. The van der Waals surface area contributed by atoms with Crippen LogP contribution in [-0.2, 0) is 9.59 Å². The molecule has 0 saturated carbocycles. The summed E-state index contributed by atoms with van der Waals surface area (Å²) in [6.07, 6.45) is 0. The topological polar surface area (TPSA) is 58.2 Å². The number of halogens is 3. The van der Waals surface area contributed by atoms with Gasteiger partial charge in [0.05, 0.1) is 5.69 Å². The molecule has 25 heavy (non-hydrogen) atoms. The van der Waals surface area contributed by atoms with Gasteiger partial charge in [0.25, 0.3) is 0 Å². The fourth-order valence-electron chi connectivity index (χ4n) is 2.93. The Balaban J connectivity index is 1.86. The fraction of sp³-hybridized carbons (Fsp3) is 0.222. The van der Waals surface area contributed by atoms with Crippen molar-refractivity contribution in [3.05, 3.63) is 65.0 Å². The summed E-state index contributed by atoms with van der Waals surface area (Å²) in [5.74, 6) is -4.87. The number of rotatable bonds is 3. The zero-order valence-corrected chi connectivity index (χ0v) is 13.3. The van der Waals surface area contributed by atoms with E-state index < -0.39 is 35.3 Å². The first kappa shape index (κ1) is 17.0. The minimum atomic E-state index is -1.09. The highest BCUT2D eigenvalue weighted by Gasteiger charge is 2.41. The normalized spacial score (nSPS) is 19.6. The average molecular weight is 348 g/mol. The minimum Gasteiger partial charge on any atom is -0.355 e. The van der Waals surface area contributed by atoms with E-state index in [2.05, 4.69) is 10.6 Å². The van der Waals surface area contributed by atoms with Crippen LogP contribution in [0.5, 0.6) is 0 Å². The molecule has 2 N–H and O–H groups in total. The largest absolute Gasteiger partial charge is 0.355 e. The highest BCUT2D eigenvalue weighted by molar-refractivity contribution is 6.08. The number of carbonyl (C=O) groups excluding carboxylic acids is 2. The summed E-state index contributed by atoms with van der Waals surface area (Å²) in [5.41, 5.74) is 0.831. The standard InChI is InChI=1S/C18H15F3N2O2/c1-9-6-10(2-4-13(9)20)12-8-22-17(24)16(12)18(25)23-15-5-3-11(19)7-14(15)21/h2-7,12,16H,8H2,1H3,(H,22,24)(H,23,25)/t12-,16-/m1/s1. The molecule has 0 radical (unpaired) electrons. The molecule has 2 amide bonds. The lowest BCUT2D eigenvalue weighted by atomic mass is 9.87. The van der Waals surface area contributed by atoms with Crippen molar-refractivity contribution in [3.63, 3.8) is 0 Å². The van der Waals surface area contributed by atoms with E-state index in [1.165, 1.54) is 12.1 Å². The molecule has 130 valence electrons. The van der Waals surface area contributed by atoms with Crippen molar-refractivity contribution in [2.45, 2.75) is 12.8 Å². The van der Waals surface area contributed by atoms with Crippen molar-refractivity contribution in [1.29, 1.82) is 0 Å². The summed E-state index contributed by atoms with van der Waals surface area (Å²) < 4.78 is 40.1. The Bertz CT molecular complexity index is 854. The fourth-order valence-corrected chi connectivity index (χ4v) is 2.93. The molecule has 2 aromatic rings. The van der Waals surface area contributed by atoms with Crippen LogP contribution in [0.1, 0.15) is 17.0 Å². The number of benzene rings is 2. The molecule has 2 atom stereocenters. The van der Waals surface area contributed by atoms with Gasteiger partial charge in [-0.05, 0) is 36.2 Å². The number of anilines is 1. The highest BCUT2D eigenvalue weighted by Crippen LogP contribution is 2.31. The maximum Gasteiger partial charge on any atom is 0.237 e. The molecule has 1 saturated heterocycles. The van der Waals surface area contributed by atoms with E-state index in [1.54, 1.807) is 13.0 Å². The van der Waals surface area contributed by atoms with E-state index in [-0.39, 0.29) is 18.0 Å². The van der Waals surface area contributed by atoms with Gasteiger partial charge in [0, 0.05) is 18.5 Å². The maximum absolute atomic E-state index is 13.7. The zero-order valence-electron chi connectivity index (χ0n) is 13.3. The van der Waals surface area contributed by atoms with Crippen molar-refractivity contribution in [2.75, 3.05) is 11.9 Å². The Morgan fingerprint density at radius 3 is 2.56 bits per heavy atom. The summed E-state index contributed by atoms with van der Waals surface area (Å²) in [4.78, 5) is 24.6. The van der Waals surface area contributed by atoms with Gasteiger partial charge in [0.15, 0.2) is 0 Å². The molecular formula is C18H15F3N2O2. The van der Waals surface area contributed by atoms with Crippen molar-refractivity contribution < 1.29 is 22.8 Å². The van der Waals surface area contributed by atoms with Gasteiger partial charge in [-0.2, -0.15) is 0 Å². The Hall–Kier alpha value is -2.83. The van der Waals surface area contributed by atoms with Crippen LogP contribution in [0, 0.1) is 30.3 Å². The zero-order chi connectivity index (χ0) is 18.1. The first-order valence-corrected chi connectivity index (χ1v) is 7.66. The Morgan fingerprint density at radius 1 is 1.12 bits per heavy atom. The molecule has 4 nitrogen and oxygen atoms in total. The maximum atomic E-state index is 13.7. The van der Waals surface area contributed by atoms with Gasteiger partial charge in [-0.1, -0.05) is 12.1 Å². The van der Waals surface area contributed by atoms with E-state index in [0.717, 1.165) is 12.1 Å². The second-order valence-corrected chi connectivity index (χ2v) is 5.95. The molecule has 0 unspecified atom stereocenters. The van der Waals surface area contributed by atoms with Crippen LogP contribution < -0.4 is 10.6 Å². The summed E-state index contributed by atoms with van der Waals surface area (Å²) in [5, 5.41) is 4.92. The molecule has 1 fully saturated rings. The van der Waals surface area contributed by atoms with Crippen LogP contribution in [0.4, 0.5) is 18.9 Å². The van der Waals surface area contributed by atoms with Crippen LogP contribution in [0.15, 0.2) is 36.4 Å². The van der Waals surface area contributed by atoms with Crippen LogP contribution >= 0.6 is 0 Å². The van der Waals surface area contributed by atoms with Gasteiger partial charge in [-0.15, -0.1) is 0 Å². The monoisotopic (exact) mass is 348 g/mol. The van der Waals surface area contributed by atoms with Crippen LogP contribution in [0.3, 0.4) is 0 Å². The van der Waals surface area contributed by atoms with E-state index >= 15 is 0 Å². The van der Waals surface area contributed by atoms with Gasteiger partial charge in [0.1, 0.15) is 23.4 Å². The third-order valence-corrected chi connectivity index (χ3v) is 4.26. The first-order valence-electron chi connectivity index (χ1n) is 7.66. The average Bonchev–Trinajstić information content (AvgIpc) is 2.94. The number of amides is 2. The van der Waals surface area contributed by atoms with Crippen LogP contribution in [0.2, 0.25) is 0 Å². The number of nitrogens with one attached hydrogen (secondary N) is 2. The van der Waals surface area contributed by atoms with Crippen LogP contribution in [0.25, 0.3) is 0 Å². The molecular weight excluding hydrogens is 333 g/mol. The third kappa shape index (κ3) is 3.35. The predicted molar refractivity (Wildman–Crippen MR) is 85.4 cm³/mol.